The number of aromatic nitrogens is 2. The number of fused-ring (bicyclic) bond motifs is 1. The van der Waals surface area contributed by atoms with E-state index < -0.39 is 18.3 Å². The molecule has 3 heterocycles. The Bertz CT molecular complexity index is 994. The summed E-state index contributed by atoms with van der Waals surface area (Å²) >= 11 is 6.88. The highest BCUT2D eigenvalue weighted by atomic mass is 35.5. The van der Waals surface area contributed by atoms with Crippen LogP contribution >= 0.6 is 23.9 Å². The van der Waals surface area contributed by atoms with Gasteiger partial charge in [-0.25, -0.2) is 8.96 Å². The van der Waals surface area contributed by atoms with Crippen molar-refractivity contribution in [2.75, 3.05) is 0 Å². The fourth-order valence-corrected chi connectivity index (χ4v) is 3.84. The molecular weight excluding hydrogens is 386 g/mol. The fourth-order valence-electron chi connectivity index (χ4n) is 3.17. The molecule has 0 unspecified atom stereocenters. The van der Waals surface area contributed by atoms with Gasteiger partial charge in [-0.15, -0.1) is 3.89 Å². The molecule has 0 amide bonds. The van der Waals surface area contributed by atoms with Gasteiger partial charge in [0, 0.05) is 28.8 Å². The molecule has 1 fully saturated rings. The Balaban J connectivity index is 1.90. The van der Waals surface area contributed by atoms with E-state index in [0.717, 1.165) is 11.1 Å². The largest absolute Gasteiger partial charge is 0.497 e. The van der Waals surface area contributed by atoms with Crippen LogP contribution in [0.25, 0.3) is 22.2 Å². The van der Waals surface area contributed by atoms with Crippen LogP contribution in [0.3, 0.4) is 0 Å². The molecule has 1 saturated heterocycles. The molecule has 0 atom stereocenters. The first-order valence-electron chi connectivity index (χ1n) is 8.65. The van der Waals surface area contributed by atoms with Gasteiger partial charge in [0.1, 0.15) is 0 Å². The van der Waals surface area contributed by atoms with Crippen LogP contribution in [0.2, 0.25) is 5.02 Å². The number of halogens is 2. The summed E-state index contributed by atoms with van der Waals surface area (Å²) in [4.78, 5) is 4.46. The molecule has 8 heteroatoms. The number of nitrogens with zero attached hydrogens (tertiary/aromatic N) is 2. The summed E-state index contributed by atoms with van der Waals surface area (Å²) in [6, 6.07) is 9.71. The Morgan fingerprint density at radius 3 is 2.33 bits per heavy atom. The van der Waals surface area contributed by atoms with Crippen molar-refractivity contribution in [2.45, 2.75) is 38.9 Å². The van der Waals surface area contributed by atoms with Gasteiger partial charge in [0.15, 0.2) is 18.0 Å². The topological polar surface area (TPSA) is 36.3 Å². The van der Waals surface area contributed by atoms with Gasteiger partial charge in [0.05, 0.1) is 16.2 Å². The van der Waals surface area contributed by atoms with E-state index in [1.807, 2.05) is 58.0 Å². The maximum Gasteiger partial charge on any atom is 0.497 e. The zero-order valence-electron chi connectivity index (χ0n) is 15.5. The van der Waals surface area contributed by atoms with Crippen LogP contribution in [0.15, 0.2) is 42.7 Å². The van der Waals surface area contributed by atoms with E-state index in [-0.39, 0.29) is 12.3 Å². The first kappa shape index (κ1) is 18.8. The second-order valence-electron chi connectivity index (χ2n) is 7.62. The summed E-state index contributed by atoms with van der Waals surface area (Å²) < 4.78 is 27.1. The van der Waals surface area contributed by atoms with E-state index in [9.17, 15) is 3.89 Å². The molecule has 0 aliphatic carbocycles. The summed E-state index contributed by atoms with van der Waals surface area (Å²) in [6.07, 6.45) is 3.31. The van der Waals surface area contributed by atoms with E-state index >= 15 is 0 Å². The minimum Gasteiger partial charge on any atom is -0.399 e. The molecule has 0 spiro atoms. The average molecular weight is 405 g/mol. The normalized spacial score (nSPS) is 18.4. The number of benzene rings is 1. The van der Waals surface area contributed by atoms with Crippen LogP contribution in [0.4, 0.5) is 3.89 Å². The molecular formula is C19H19BClFN2O2S. The molecule has 4 nitrogen and oxygen atoms in total. The van der Waals surface area contributed by atoms with Gasteiger partial charge in [0.2, 0.25) is 0 Å². The van der Waals surface area contributed by atoms with E-state index in [2.05, 4.69) is 4.98 Å². The lowest BCUT2D eigenvalue weighted by atomic mass is 9.79. The highest BCUT2D eigenvalue weighted by Gasteiger charge is 2.52. The molecule has 27 heavy (non-hydrogen) atoms. The zero-order valence-corrected chi connectivity index (χ0v) is 17.1. The highest BCUT2D eigenvalue weighted by molar-refractivity contribution is 7.92. The molecule has 0 radical (unpaired) electrons. The molecule has 1 aromatic carbocycles. The Morgan fingerprint density at radius 1 is 1.11 bits per heavy atom. The van der Waals surface area contributed by atoms with Crippen molar-refractivity contribution < 1.29 is 13.2 Å². The molecule has 0 bridgehead atoms. The lowest BCUT2D eigenvalue weighted by Gasteiger charge is -2.32. The maximum absolute atomic E-state index is 13.5. The minimum absolute atomic E-state index is 0.0931. The van der Waals surface area contributed by atoms with Crippen molar-refractivity contribution in [1.82, 2.24) is 8.96 Å². The Hall–Kier alpha value is -1.54. The van der Waals surface area contributed by atoms with Crippen LogP contribution in [-0.2, 0) is 9.31 Å². The van der Waals surface area contributed by atoms with Gasteiger partial charge in [-0.3, -0.25) is 0 Å². The van der Waals surface area contributed by atoms with Crippen LogP contribution in [0.1, 0.15) is 27.7 Å². The lowest BCUT2D eigenvalue weighted by Crippen LogP contribution is -2.41. The Kier molecular flexibility index (Phi) is 4.54. The van der Waals surface area contributed by atoms with Gasteiger partial charge in [0.25, 0.3) is 0 Å². The number of rotatable bonds is 3. The number of pyridine rings is 1. The van der Waals surface area contributed by atoms with E-state index in [1.54, 1.807) is 12.4 Å². The van der Waals surface area contributed by atoms with Gasteiger partial charge < -0.3 is 9.31 Å². The van der Waals surface area contributed by atoms with Crippen molar-refractivity contribution in [2.24, 2.45) is 0 Å². The van der Waals surface area contributed by atoms with Crippen molar-refractivity contribution >= 4 is 47.5 Å². The quantitative estimate of drug-likeness (QED) is 0.573. The Morgan fingerprint density at radius 2 is 1.74 bits per heavy atom. The molecule has 0 saturated carbocycles. The van der Waals surface area contributed by atoms with Crippen molar-refractivity contribution in [3.8, 4) is 11.1 Å². The van der Waals surface area contributed by atoms with E-state index in [1.165, 1.54) is 3.97 Å². The van der Waals surface area contributed by atoms with Crippen LogP contribution < -0.4 is 5.46 Å². The average Bonchev–Trinajstić information content (AvgIpc) is 3.10. The highest BCUT2D eigenvalue weighted by Crippen LogP contribution is 2.39. The van der Waals surface area contributed by atoms with Crippen molar-refractivity contribution in [3.63, 3.8) is 0 Å². The second kappa shape index (κ2) is 6.52. The molecule has 140 valence electrons. The van der Waals surface area contributed by atoms with Gasteiger partial charge in [-0.2, -0.15) is 0 Å². The Labute approximate surface area is 167 Å². The van der Waals surface area contributed by atoms with Gasteiger partial charge in [-0.05, 0) is 33.3 Å². The monoisotopic (exact) mass is 404 g/mol. The SMILES string of the molecule is CC1(C)OB(c2cnc3c(c(-c4ccccc4)cn3SF)c2Cl)OC1(C)C. The molecule has 3 aromatic rings. The molecule has 1 aliphatic heterocycles. The van der Waals surface area contributed by atoms with E-state index in [4.69, 9.17) is 20.9 Å². The third-order valence-electron chi connectivity index (χ3n) is 5.41. The first-order valence-corrected chi connectivity index (χ1v) is 9.70. The molecule has 0 N–H and O–H groups in total. The van der Waals surface area contributed by atoms with Gasteiger partial charge >= 0.3 is 7.12 Å². The summed E-state index contributed by atoms with van der Waals surface area (Å²) in [5.41, 5.74) is 1.88. The summed E-state index contributed by atoms with van der Waals surface area (Å²) in [5.74, 6) is 0. The summed E-state index contributed by atoms with van der Waals surface area (Å²) in [7, 11) is -0.635. The smallest absolute Gasteiger partial charge is 0.399 e. The van der Waals surface area contributed by atoms with Crippen LogP contribution in [0, 0.1) is 0 Å². The summed E-state index contributed by atoms with van der Waals surface area (Å²) in [5, 5.41) is 1.14. The molecule has 2 aromatic heterocycles. The van der Waals surface area contributed by atoms with E-state index in [0.29, 0.717) is 21.5 Å². The first-order chi connectivity index (χ1) is 12.7. The third-order valence-corrected chi connectivity index (χ3v) is 6.25. The predicted molar refractivity (Wildman–Crippen MR) is 110 cm³/mol. The molecule has 4 rings (SSSR count). The van der Waals surface area contributed by atoms with Crippen molar-refractivity contribution in [1.29, 1.82) is 0 Å². The number of hydrogen-bond acceptors (Lipinski definition) is 4. The zero-order chi connectivity index (χ0) is 19.4. The predicted octanol–water partition coefficient (Wildman–Crippen LogP) is 5.04. The third kappa shape index (κ3) is 2.97. The fraction of sp³-hybridized carbons (Fsp3) is 0.316. The minimum atomic E-state index is -0.635. The van der Waals surface area contributed by atoms with Crippen LogP contribution in [0.5, 0.6) is 0 Å². The number of hydrogen-bond donors (Lipinski definition) is 0. The second-order valence-corrected chi connectivity index (χ2v) is 8.53. The van der Waals surface area contributed by atoms with Gasteiger partial charge in [-0.1, -0.05) is 41.9 Å². The standard InChI is InChI=1S/C19H19BClFN2O2S/c1-18(2)19(3,4)26-20(25-18)14-10-23-17-15(16(14)21)13(11-24(17)27-22)12-8-6-5-7-9-12/h5-11H,1-4H3. The van der Waals surface area contributed by atoms with Crippen molar-refractivity contribution in [3.05, 3.63) is 47.7 Å². The van der Waals surface area contributed by atoms with Crippen LogP contribution in [-0.4, -0.2) is 27.3 Å². The lowest BCUT2D eigenvalue weighted by molar-refractivity contribution is 0.00578. The molecule has 1 aliphatic rings. The summed E-state index contributed by atoms with van der Waals surface area (Å²) in [6.45, 7) is 7.94. The maximum atomic E-state index is 13.5.